The average Bonchev–Trinajstić information content (AvgIpc) is 3.33. The molecule has 1 amide bonds. The molecule has 1 saturated heterocycles. The molecular weight excluding hydrogens is 440 g/mol. The van der Waals surface area contributed by atoms with E-state index in [1.807, 2.05) is 39.9 Å². The van der Waals surface area contributed by atoms with Gasteiger partial charge in [0.05, 0.1) is 20.5 Å². The van der Waals surface area contributed by atoms with Crippen LogP contribution in [0.1, 0.15) is 24.0 Å². The van der Waals surface area contributed by atoms with Crippen molar-refractivity contribution >= 4 is 12.0 Å². The van der Waals surface area contributed by atoms with E-state index in [9.17, 15) is 4.79 Å². The van der Waals surface area contributed by atoms with E-state index in [0.717, 1.165) is 68.3 Å². The molecule has 7 nitrogen and oxygen atoms in total. The van der Waals surface area contributed by atoms with Crippen LogP contribution in [0.4, 0.5) is 0 Å². The molecule has 0 bridgehead atoms. The van der Waals surface area contributed by atoms with E-state index in [1.54, 1.807) is 26.7 Å². The second kappa shape index (κ2) is 12.2. The highest BCUT2D eigenvalue weighted by Crippen LogP contribution is 2.27. The Kier molecular flexibility index (Phi) is 8.57. The maximum absolute atomic E-state index is 12.8. The first-order valence-corrected chi connectivity index (χ1v) is 12.1. The Balaban J connectivity index is 1.22. The second-order valence-electron chi connectivity index (χ2n) is 8.68. The lowest BCUT2D eigenvalue weighted by Gasteiger charge is -2.22. The molecule has 1 aliphatic rings. The van der Waals surface area contributed by atoms with Gasteiger partial charge in [0.25, 0.3) is 0 Å². The molecule has 2 heterocycles. The lowest BCUT2D eigenvalue weighted by molar-refractivity contribution is -0.130. The van der Waals surface area contributed by atoms with E-state index in [1.165, 1.54) is 5.56 Å². The predicted octanol–water partition coefficient (Wildman–Crippen LogP) is 4.07. The first-order valence-electron chi connectivity index (χ1n) is 12.1. The summed E-state index contributed by atoms with van der Waals surface area (Å²) in [7, 11) is 3.31. The van der Waals surface area contributed by atoms with E-state index < -0.39 is 0 Å². The molecule has 0 spiro atoms. The largest absolute Gasteiger partial charge is 0.493 e. The number of carbonyl (C=O) groups is 1. The minimum absolute atomic E-state index is 0.193. The van der Waals surface area contributed by atoms with Crippen LogP contribution in [0.5, 0.6) is 11.5 Å². The van der Waals surface area contributed by atoms with Crippen molar-refractivity contribution in [2.75, 3.05) is 46.9 Å². The second-order valence-corrected chi connectivity index (χ2v) is 8.68. The average molecular weight is 475 g/mol. The lowest BCUT2D eigenvalue weighted by Crippen LogP contribution is -2.35. The van der Waals surface area contributed by atoms with Crippen molar-refractivity contribution in [1.82, 2.24) is 19.4 Å². The number of hydrogen-bond donors (Lipinski definition) is 0. The zero-order valence-electron chi connectivity index (χ0n) is 20.6. The van der Waals surface area contributed by atoms with Crippen molar-refractivity contribution in [3.8, 4) is 17.2 Å². The van der Waals surface area contributed by atoms with Crippen LogP contribution in [-0.4, -0.2) is 72.2 Å². The van der Waals surface area contributed by atoms with Crippen LogP contribution >= 0.6 is 0 Å². The fourth-order valence-corrected chi connectivity index (χ4v) is 4.36. The van der Waals surface area contributed by atoms with Crippen LogP contribution in [0.25, 0.3) is 11.8 Å². The number of aromatic nitrogens is 2. The van der Waals surface area contributed by atoms with Gasteiger partial charge in [0.1, 0.15) is 0 Å². The van der Waals surface area contributed by atoms with Crippen molar-refractivity contribution in [2.24, 2.45) is 0 Å². The molecule has 3 aromatic rings. The molecule has 0 radical (unpaired) electrons. The zero-order valence-corrected chi connectivity index (χ0v) is 20.6. The number of imidazole rings is 1. The maximum Gasteiger partial charge on any atom is 0.226 e. The highest BCUT2D eigenvalue weighted by atomic mass is 16.5. The summed E-state index contributed by atoms with van der Waals surface area (Å²) >= 11 is 0. The molecule has 4 rings (SSSR count). The molecule has 0 atom stereocenters. The van der Waals surface area contributed by atoms with Gasteiger partial charge in [0, 0.05) is 50.7 Å². The molecule has 1 fully saturated rings. The monoisotopic (exact) mass is 474 g/mol. The van der Waals surface area contributed by atoms with E-state index in [4.69, 9.17) is 9.47 Å². The maximum atomic E-state index is 12.8. The minimum Gasteiger partial charge on any atom is -0.493 e. The molecule has 0 N–H and O–H groups in total. The Labute approximate surface area is 207 Å². The van der Waals surface area contributed by atoms with Crippen LogP contribution in [0.2, 0.25) is 0 Å². The third kappa shape index (κ3) is 6.73. The number of amides is 1. The number of methoxy groups -OCH3 is 2. The van der Waals surface area contributed by atoms with Gasteiger partial charge in [-0.25, -0.2) is 4.98 Å². The van der Waals surface area contributed by atoms with Crippen molar-refractivity contribution in [1.29, 1.82) is 0 Å². The summed E-state index contributed by atoms with van der Waals surface area (Å²) in [5, 5.41) is 0. The minimum atomic E-state index is 0.193. The number of hydrogen-bond acceptors (Lipinski definition) is 5. The zero-order chi connectivity index (χ0) is 24.5. The van der Waals surface area contributed by atoms with Gasteiger partial charge in [0.15, 0.2) is 11.5 Å². The van der Waals surface area contributed by atoms with Crippen LogP contribution in [0.3, 0.4) is 0 Å². The Morgan fingerprint density at radius 2 is 1.83 bits per heavy atom. The quantitative estimate of drug-likeness (QED) is 0.468. The van der Waals surface area contributed by atoms with Gasteiger partial charge in [0.2, 0.25) is 5.91 Å². The first-order chi connectivity index (χ1) is 17.2. The summed E-state index contributed by atoms with van der Waals surface area (Å²) in [4.78, 5) is 21.3. The summed E-state index contributed by atoms with van der Waals surface area (Å²) in [5.41, 5.74) is 3.37. The molecule has 1 aliphatic heterocycles. The lowest BCUT2D eigenvalue weighted by atomic mass is 10.1. The number of rotatable bonds is 9. The van der Waals surface area contributed by atoms with Crippen LogP contribution in [0, 0.1) is 0 Å². The van der Waals surface area contributed by atoms with Gasteiger partial charge in [-0.2, -0.15) is 0 Å². The van der Waals surface area contributed by atoms with Crippen molar-refractivity contribution < 1.29 is 14.3 Å². The summed E-state index contributed by atoms with van der Waals surface area (Å²) in [6.07, 6.45) is 11.8. The number of carbonyl (C=O) groups excluding carboxylic acids is 1. The molecule has 0 aliphatic carbocycles. The van der Waals surface area contributed by atoms with E-state index in [2.05, 4.69) is 40.2 Å². The molecule has 0 saturated carbocycles. The predicted molar refractivity (Wildman–Crippen MR) is 138 cm³/mol. The highest BCUT2D eigenvalue weighted by molar-refractivity contribution is 5.78. The molecule has 184 valence electrons. The van der Waals surface area contributed by atoms with E-state index in [0.29, 0.717) is 6.42 Å². The SMILES string of the molecule is COc1ccc(CCN2CCCN(C(=O)C/C=C/c3ccc(-n4ccnc4)cc3)CC2)cc1OC. The van der Waals surface area contributed by atoms with Crippen molar-refractivity contribution in [3.63, 3.8) is 0 Å². The number of benzene rings is 2. The van der Waals surface area contributed by atoms with Gasteiger partial charge in [-0.3, -0.25) is 4.79 Å². The normalized spacial score (nSPS) is 14.7. The fraction of sp³-hybridized carbons (Fsp3) is 0.357. The smallest absolute Gasteiger partial charge is 0.226 e. The summed E-state index contributed by atoms with van der Waals surface area (Å²) in [5.74, 6) is 1.71. The Hall–Kier alpha value is -3.58. The molecular formula is C28H34N4O3. The summed E-state index contributed by atoms with van der Waals surface area (Å²) in [6, 6.07) is 14.3. The summed E-state index contributed by atoms with van der Waals surface area (Å²) < 4.78 is 12.7. The van der Waals surface area contributed by atoms with Crippen molar-refractivity contribution in [2.45, 2.75) is 19.3 Å². The molecule has 0 unspecified atom stereocenters. The van der Waals surface area contributed by atoms with Crippen LogP contribution in [-0.2, 0) is 11.2 Å². The number of ether oxygens (including phenoxy) is 2. The van der Waals surface area contributed by atoms with Gasteiger partial charge in [-0.1, -0.05) is 30.4 Å². The molecule has 35 heavy (non-hydrogen) atoms. The van der Waals surface area contributed by atoms with Gasteiger partial charge in [-0.05, 0) is 54.8 Å². The van der Waals surface area contributed by atoms with Crippen LogP contribution < -0.4 is 9.47 Å². The third-order valence-corrected chi connectivity index (χ3v) is 6.40. The molecule has 1 aromatic heterocycles. The Morgan fingerprint density at radius 3 is 2.57 bits per heavy atom. The van der Waals surface area contributed by atoms with Gasteiger partial charge < -0.3 is 23.8 Å². The Bertz CT molecular complexity index is 1110. The summed E-state index contributed by atoms with van der Waals surface area (Å²) in [6.45, 7) is 4.47. The molecule has 2 aromatic carbocycles. The molecule has 7 heteroatoms. The fourth-order valence-electron chi connectivity index (χ4n) is 4.36. The van der Waals surface area contributed by atoms with E-state index >= 15 is 0 Å². The van der Waals surface area contributed by atoms with E-state index in [-0.39, 0.29) is 5.91 Å². The van der Waals surface area contributed by atoms with Crippen molar-refractivity contribution in [3.05, 3.63) is 78.4 Å². The van der Waals surface area contributed by atoms with Crippen LogP contribution in [0.15, 0.2) is 67.3 Å². The van der Waals surface area contributed by atoms with Gasteiger partial charge in [-0.15, -0.1) is 0 Å². The van der Waals surface area contributed by atoms with Gasteiger partial charge >= 0.3 is 0 Å². The first kappa shape index (κ1) is 24.5. The highest BCUT2D eigenvalue weighted by Gasteiger charge is 2.18. The Morgan fingerprint density at radius 1 is 1.00 bits per heavy atom. The number of nitrogens with zero attached hydrogens (tertiary/aromatic N) is 4. The standard InChI is InChI=1S/C28H34N4O3/c1-34-26-12-9-24(21-27(26)35-2)13-17-30-15-4-16-31(20-19-30)28(33)6-3-5-23-7-10-25(11-8-23)32-18-14-29-22-32/h3,5,7-12,14,18,21-22H,4,6,13,15-17,19-20H2,1-2H3/b5-3+. The topological polar surface area (TPSA) is 59.8 Å². The third-order valence-electron chi connectivity index (χ3n) is 6.40.